The maximum absolute atomic E-state index is 12.9. The number of carbonyl (C=O) groups excluding carboxylic acids is 2. The molecule has 29 heavy (non-hydrogen) atoms. The van der Waals surface area contributed by atoms with E-state index in [2.05, 4.69) is 5.32 Å². The number of likely N-dealkylation sites (N-methyl/N-ethyl adjacent to an activating group) is 1. The molecule has 1 N–H and O–H groups in total. The number of ether oxygens (including phenoxy) is 3. The van der Waals surface area contributed by atoms with Gasteiger partial charge in [-0.1, -0.05) is 0 Å². The number of carbonyl (C=O) groups is 2. The third kappa shape index (κ3) is 5.68. The van der Waals surface area contributed by atoms with Crippen molar-refractivity contribution < 1.29 is 28.2 Å². The van der Waals surface area contributed by atoms with Crippen LogP contribution < -0.4 is 19.5 Å². The summed E-state index contributed by atoms with van der Waals surface area (Å²) in [5, 5.41) is 2.77. The maximum Gasteiger partial charge on any atom is 0.238 e. The van der Waals surface area contributed by atoms with E-state index < -0.39 is 0 Å². The molecule has 0 saturated heterocycles. The lowest BCUT2D eigenvalue weighted by Gasteiger charge is -2.17. The molecular weight excluding hydrogens is 379 g/mol. The summed E-state index contributed by atoms with van der Waals surface area (Å²) in [5.74, 6) is 0.867. The molecule has 1 aliphatic heterocycles. The van der Waals surface area contributed by atoms with Gasteiger partial charge in [0.15, 0.2) is 17.3 Å². The van der Waals surface area contributed by atoms with Crippen LogP contribution in [0.4, 0.5) is 10.1 Å². The minimum absolute atomic E-state index is 0.0901. The molecule has 0 saturated carbocycles. The second-order valence-electron chi connectivity index (χ2n) is 6.75. The molecule has 2 aromatic carbocycles. The smallest absolute Gasteiger partial charge is 0.238 e. The highest BCUT2D eigenvalue weighted by Crippen LogP contribution is 2.37. The van der Waals surface area contributed by atoms with Crippen LogP contribution >= 0.6 is 0 Å². The van der Waals surface area contributed by atoms with Gasteiger partial charge >= 0.3 is 0 Å². The van der Waals surface area contributed by atoms with E-state index in [0.717, 1.165) is 0 Å². The molecule has 7 nitrogen and oxygen atoms in total. The highest BCUT2D eigenvalue weighted by atomic mass is 19.1. The van der Waals surface area contributed by atoms with Crippen LogP contribution in [0.5, 0.6) is 17.2 Å². The number of benzene rings is 2. The largest absolute Gasteiger partial charge is 0.494 e. The predicted molar refractivity (Wildman–Crippen MR) is 105 cm³/mol. The van der Waals surface area contributed by atoms with Gasteiger partial charge in [-0.3, -0.25) is 14.5 Å². The molecule has 3 rings (SSSR count). The van der Waals surface area contributed by atoms with Gasteiger partial charge in [-0.25, -0.2) is 4.39 Å². The molecule has 0 unspecified atom stereocenters. The zero-order chi connectivity index (χ0) is 20.8. The van der Waals surface area contributed by atoms with Crippen molar-refractivity contribution in [1.29, 1.82) is 0 Å². The van der Waals surface area contributed by atoms with E-state index >= 15 is 0 Å². The zero-order valence-electron chi connectivity index (χ0n) is 16.4. The average Bonchev–Trinajstić information content (AvgIpc) is 3.13. The topological polar surface area (TPSA) is 77.1 Å². The molecule has 1 aliphatic rings. The van der Waals surface area contributed by atoms with Crippen molar-refractivity contribution in [2.45, 2.75) is 13.3 Å². The second-order valence-corrected chi connectivity index (χ2v) is 6.75. The summed E-state index contributed by atoms with van der Waals surface area (Å²) < 4.78 is 29.0. The van der Waals surface area contributed by atoms with Gasteiger partial charge in [0.1, 0.15) is 11.6 Å². The normalized spacial score (nSPS) is 12.1. The molecule has 0 fully saturated rings. The van der Waals surface area contributed by atoms with Gasteiger partial charge in [-0.2, -0.15) is 0 Å². The fourth-order valence-corrected chi connectivity index (χ4v) is 2.91. The molecule has 0 spiro atoms. The summed E-state index contributed by atoms with van der Waals surface area (Å²) in [6.07, 6.45) is 0.698. The number of nitrogens with zero attached hydrogens (tertiary/aromatic N) is 1. The number of amides is 1. The Balaban J connectivity index is 1.46. The lowest BCUT2D eigenvalue weighted by molar-refractivity contribution is -0.117. The van der Waals surface area contributed by atoms with Gasteiger partial charge in [-0.05, 0) is 50.7 Å². The Labute approximate surface area is 168 Å². The van der Waals surface area contributed by atoms with E-state index in [1.54, 1.807) is 24.3 Å². The Bertz CT molecular complexity index is 885. The molecule has 8 heteroatoms. The number of rotatable bonds is 9. The van der Waals surface area contributed by atoms with Gasteiger partial charge in [0.25, 0.3) is 0 Å². The van der Waals surface area contributed by atoms with Crippen molar-refractivity contribution in [3.63, 3.8) is 0 Å². The van der Waals surface area contributed by atoms with E-state index in [0.29, 0.717) is 48.1 Å². The number of Topliss-reactive ketones (excluding diaryl/α,β-unsaturated/α-hetero) is 1. The molecule has 0 aromatic heterocycles. The first-order valence-corrected chi connectivity index (χ1v) is 9.23. The number of halogens is 1. The van der Waals surface area contributed by atoms with Crippen molar-refractivity contribution in [1.82, 2.24) is 4.90 Å². The Morgan fingerprint density at radius 1 is 1.17 bits per heavy atom. The lowest BCUT2D eigenvalue weighted by atomic mass is 10.1. The van der Waals surface area contributed by atoms with Gasteiger partial charge < -0.3 is 19.5 Å². The standard InChI is InChI=1S/C21H23FN2O5/c1-14(25)17-10-19-20(29-13-28-19)11-18(17)23-21(26)12-24(2)8-3-9-27-16-6-4-15(22)5-7-16/h4-7,10-11H,3,8-9,12-13H2,1-2H3,(H,23,26). The van der Waals surface area contributed by atoms with Gasteiger partial charge in [-0.15, -0.1) is 0 Å². The zero-order valence-corrected chi connectivity index (χ0v) is 16.4. The molecule has 1 amide bonds. The Kier molecular flexibility index (Phi) is 6.66. The molecule has 1 heterocycles. The summed E-state index contributed by atoms with van der Waals surface area (Å²) in [6, 6.07) is 9.02. The number of nitrogens with one attached hydrogen (secondary N) is 1. The Morgan fingerprint density at radius 2 is 1.86 bits per heavy atom. The van der Waals surface area contributed by atoms with Crippen molar-refractivity contribution in [3.8, 4) is 17.2 Å². The molecular formula is C21H23FN2O5. The lowest BCUT2D eigenvalue weighted by Crippen LogP contribution is -2.31. The summed E-state index contributed by atoms with van der Waals surface area (Å²) in [4.78, 5) is 26.1. The number of ketones is 1. The van der Waals surface area contributed by atoms with Crippen LogP contribution in [0.1, 0.15) is 23.7 Å². The van der Waals surface area contributed by atoms with Crippen LogP contribution in [0.15, 0.2) is 36.4 Å². The van der Waals surface area contributed by atoms with Crippen LogP contribution in [0, 0.1) is 5.82 Å². The van der Waals surface area contributed by atoms with Gasteiger partial charge in [0.05, 0.1) is 18.8 Å². The minimum atomic E-state index is -0.307. The molecule has 0 aliphatic carbocycles. The van der Waals surface area contributed by atoms with Crippen LogP contribution in [0.2, 0.25) is 0 Å². The first-order chi connectivity index (χ1) is 13.9. The number of hydrogen-bond acceptors (Lipinski definition) is 6. The summed E-state index contributed by atoms with van der Waals surface area (Å²) in [5.41, 5.74) is 0.776. The minimum Gasteiger partial charge on any atom is -0.494 e. The molecule has 0 radical (unpaired) electrons. The van der Waals surface area contributed by atoms with Gasteiger partial charge in [0, 0.05) is 18.2 Å². The number of fused-ring (bicyclic) bond motifs is 1. The fraction of sp³-hybridized carbons (Fsp3) is 0.333. The summed E-state index contributed by atoms with van der Waals surface area (Å²) in [7, 11) is 1.82. The SMILES string of the molecule is CC(=O)c1cc2c(cc1NC(=O)CN(C)CCCOc1ccc(F)cc1)OCO2. The van der Waals surface area contributed by atoms with E-state index in [1.807, 2.05) is 11.9 Å². The first kappa shape index (κ1) is 20.6. The van der Waals surface area contributed by atoms with Crippen molar-refractivity contribution in [2.75, 3.05) is 38.9 Å². The number of anilines is 1. The second kappa shape index (κ2) is 9.38. The Morgan fingerprint density at radius 3 is 2.55 bits per heavy atom. The first-order valence-electron chi connectivity index (χ1n) is 9.23. The van der Waals surface area contributed by atoms with Crippen LogP contribution in [0.3, 0.4) is 0 Å². The van der Waals surface area contributed by atoms with E-state index in [9.17, 15) is 14.0 Å². The van der Waals surface area contributed by atoms with E-state index in [1.165, 1.54) is 19.1 Å². The van der Waals surface area contributed by atoms with Crippen LogP contribution in [-0.2, 0) is 4.79 Å². The highest BCUT2D eigenvalue weighted by molar-refractivity contribution is 6.05. The van der Waals surface area contributed by atoms with Crippen molar-refractivity contribution in [3.05, 3.63) is 47.8 Å². The van der Waals surface area contributed by atoms with Crippen molar-refractivity contribution >= 4 is 17.4 Å². The van der Waals surface area contributed by atoms with Crippen LogP contribution in [0.25, 0.3) is 0 Å². The van der Waals surface area contributed by atoms with E-state index in [4.69, 9.17) is 14.2 Å². The fourth-order valence-electron chi connectivity index (χ4n) is 2.91. The van der Waals surface area contributed by atoms with Gasteiger partial charge in [0.2, 0.25) is 12.7 Å². The molecule has 0 atom stereocenters. The summed E-state index contributed by atoms with van der Waals surface area (Å²) in [6.45, 7) is 2.76. The van der Waals surface area contributed by atoms with Crippen LogP contribution in [-0.4, -0.2) is 50.1 Å². The van der Waals surface area contributed by atoms with E-state index in [-0.39, 0.29) is 30.8 Å². The Hall–Kier alpha value is -3.13. The summed E-state index contributed by atoms with van der Waals surface area (Å²) >= 11 is 0. The predicted octanol–water partition coefficient (Wildman–Crippen LogP) is 3.10. The highest BCUT2D eigenvalue weighted by Gasteiger charge is 2.20. The number of hydrogen-bond donors (Lipinski definition) is 1. The third-order valence-corrected chi connectivity index (χ3v) is 4.35. The molecule has 0 bridgehead atoms. The quantitative estimate of drug-likeness (QED) is 0.513. The monoisotopic (exact) mass is 402 g/mol. The van der Waals surface area contributed by atoms with Crippen molar-refractivity contribution in [2.24, 2.45) is 0 Å². The third-order valence-electron chi connectivity index (χ3n) is 4.35. The average molecular weight is 402 g/mol. The maximum atomic E-state index is 12.9. The molecule has 2 aromatic rings. The molecule has 154 valence electrons.